The van der Waals surface area contributed by atoms with E-state index in [1.54, 1.807) is 27.7 Å². The van der Waals surface area contributed by atoms with Crippen molar-refractivity contribution in [2.45, 2.75) is 58.4 Å². The van der Waals surface area contributed by atoms with Crippen LogP contribution in [0.2, 0.25) is 0 Å². The Balaban J connectivity index is 2.34. The maximum absolute atomic E-state index is 13.1. The molecule has 0 aliphatic carbocycles. The fourth-order valence-electron chi connectivity index (χ4n) is 2.94. The first-order valence-electron chi connectivity index (χ1n) is 11.4. The number of amides is 2. The molecular formula is C24H33FN4O7. The van der Waals surface area contributed by atoms with Crippen LogP contribution in [0.25, 0.3) is 0 Å². The second-order valence-corrected chi connectivity index (χ2v) is 9.16. The lowest BCUT2D eigenvalue weighted by atomic mass is 10.2. The highest BCUT2D eigenvalue weighted by Gasteiger charge is 2.30. The predicted octanol–water partition coefficient (Wildman–Crippen LogP) is 2.24. The number of aliphatic hydroxyl groups excluding tert-OH is 1. The fourth-order valence-corrected chi connectivity index (χ4v) is 2.94. The lowest BCUT2D eigenvalue weighted by Crippen LogP contribution is -2.40. The molecule has 0 aliphatic rings. The quantitative estimate of drug-likeness (QED) is 0.381. The van der Waals surface area contributed by atoms with Crippen molar-refractivity contribution in [3.8, 4) is 5.75 Å². The van der Waals surface area contributed by atoms with Crippen molar-refractivity contribution in [3.05, 3.63) is 57.5 Å². The smallest absolute Gasteiger partial charge is 0.410 e. The number of aliphatic hydroxyl groups is 1. The van der Waals surface area contributed by atoms with E-state index in [0.717, 1.165) is 4.90 Å². The van der Waals surface area contributed by atoms with Crippen LogP contribution in [0.1, 0.15) is 62.0 Å². The van der Waals surface area contributed by atoms with Gasteiger partial charge in [0.05, 0.1) is 19.3 Å². The molecule has 1 heterocycles. The summed E-state index contributed by atoms with van der Waals surface area (Å²) >= 11 is 0. The third-order valence-electron chi connectivity index (χ3n) is 5.02. The number of likely N-dealkylation sites (N-methyl/N-ethyl adjacent to an activating group) is 1. The van der Waals surface area contributed by atoms with Gasteiger partial charge in [0.15, 0.2) is 5.69 Å². The van der Waals surface area contributed by atoms with Crippen LogP contribution in [0.5, 0.6) is 5.75 Å². The van der Waals surface area contributed by atoms with Gasteiger partial charge in [0.1, 0.15) is 23.3 Å². The van der Waals surface area contributed by atoms with E-state index >= 15 is 0 Å². The topological polar surface area (TPSA) is 154 Å². The molecule has 1 aromatic heterocycles. The molecule has 0 saturated carbocycles. The Hall–Kier alpha value is -3.51. The SMILES string of the molecule is CC[C@@H](O)COCC(c1nc(C(=O)NCc2ccc(F)cc2)c(O)c(=O)[nH]1)N(C)C(=O)OC(C)(C)C. The van der Waals surface area contributed by atoms with Crippen molar-refractivity contribution in [1.29, 1.82) is 0 Å². The number of nitrogens with one attached hydrogen (secondary N) is 2. The Morgan fingerprint density at radius 3 is 2.44 bits per heavy atom. The van der Waals surface area contributed by atoms with Crippen molar-refractivity contribution >= 4 is 12.0 Å². The van der Waals surface area contributed by atoms with E-state index in [9.17, 15) is 29.0 Å². The van der Waals surface area contributed by atoms with E-state index < -0.39 is 52.6 Å². The molecule has 0 aliphatic heterocycles. The van der Waals surface area contributed by atoms with Crippen molar-refractivity contribution in [1.82, 2.24) is 20.2 Å². The number of nitrogens with zero attached hydrogens (tertiary/aromatic N) is 2. The van der Waals surface area contributed by atoms with Crippen LogP contribution in [0.4, 0.5) is 9.18 Å². The molecule has 2 atom stereocenters. The van der Waals surface area contributed by atoms with E-state index in [1.165, 1.54) is 31.3 Å². The summed E-state index contributed by atoms with van der Waals surface area (Å²) < 4.78 is 24.0. The second kappa shape index (κ2) is 12.5. The largest absolute Gasteiger partial charge is 0.501 e. The first-order valence-corrected chi connectivity index (χ1v) is 11.4. The monoisotopic (exact) mass is 508 g/mol. The van der Waals surface area contributed by atoms with Gasteiger partial charge in [-0.25, -0.2) is 14.2 Å². The van der Waals surface area contributed by atoms with Crippen LogP contribution >= 0.6 is 0 Å². The Morgan fingerprint density at radius 1 is 1.22 bits per heavy atom. The molecule has 1 aromatic carbocycles. The maximum Gasteiger partial charge on any atom is 0.410 e. The summed E-state index contributed by atoms with van der Waals surface area (Å²) in [6.45, 7) is 6.58. The van der Waals surface area contributed by atoms with Gasteiger partial charge in [0.2, 0.25) is 5.75 Å². The highest BCUT2D eigenvalue weighted by Crippen LogP contribution is 2.21. The van der Waals surface area contributed by atoms with Crippen LogP contribution in [0, 0.1) is 5.82 Å². The Kier molecular flexibility index (Phi) is 9.93. The lowest BCUT2D eigenvalue weighted by molar-refractivity contribution is -0.00998. The number of hydrogen-bond acceptors (Lipinski definition) is 8. The third-order valence-corrected chi connectivity index (χ3v) is 5.02. The number of carbonyl (C=O) groups excluding carboxylic acids is 2. The van der Waals surface area contributed by atoms with Crippen molar-refractivity contribution in [2.24, 2.45) is 0 Å². The number of aromatic amines is 1. The van der Waals surface area contributed by atoms with Gasteiger partial charge >= 0.3 is 6.09 Å². The summed E-state index contributed by atoms with van der Waals surface area (Å²) in [6, 6.07) is 4.38. The molecule has 0 spiro atoms. The van der Waals surface area contributed by atoms with Gasteiger partial charge in [-0.05, 0) is 44.9 Å². The number of hydrogen-bond donors (Lipinski definition) is 4. The summed E-state index contributed by atoms with van der Waals surface area (Å²) in [7, 11) is 1.40. The van der Waals surface area contributed by atoms with E-state index in [0.29, 0.717) is 12.0 Å². The Morgan fingerprint density at radius 2 is 1.86 bits per heavy atom. The zero-order valence-electron chi connectivity index (χ0n) is 21.0. The second-order valence-electron chi connectivity index (χ2n) is 9.16. The van der Waals surface area contributed by atoms with Crippen LogP contribution in [-0.2, 0) is 16.0 Å². The molecule has 2 rings (SSSR count). The number of carbonyl (C=O) groups is 2. The number of aromatic nitrogens is 2. The molecule has 198 valence electrons. The lowest BCUT2D eigenvalue weighted by Gasteiger charge is -2.30. The first-order chi connectivity index (χ1) is 16.8. The van der Waals surface area contributed by atoms with Gasteiger partial charge in [-0.3, -0.25) is 14.5 Å². The van der Waals surface area contributed by atoms with Gasteiger partial charge in [-0.2, -0.15) is 0 Å². The number of aromatic hydroxyl groups is 1. The highest BCUT2D eigenvalue weighted by atomic mass is 19.1. The first kappa shape index (κ1) is 28.7. The van der Waals surface area contributed by atoms with Crippen molar-refractivity contribution in [3.63, 3.8) is 0 Å². The molecule has 0 fully saturated rings. The number of benzene rings is 1. The zero-order valence-corrected chi connectivity index (χ0v) is 21.0. The van der Waals surface area contributed by atoms with Crippen LogP contribution < -0.4 is 10.9 Å². The standard InChI is InChI=1S/C24H33FN4O7/c1-6-16(30)12-35-13-17(29(5)23(34)36-24(2,3)4)20-27-18(19(31)22(33)28-20)21(32)26-11-14-7-9-15(25)10-8-14/h7-10,16-17,30-31H,6,11-13H2,1-5H3,(H,26,32)(H,27,28,33)/t16-,17?/m1/s1. The Labute approximate surface area is 208 Å². The average Bonchev–Trinajstić information content (AvgIpc) is 2.81. The number of ether oxygens (including phenoxy) is 2. The average molecular weight is 509 g/mol. The van der Waals surface area contributed by atoms with Gasteiger partial charge < -0.3 is 30.0 Å². The van der Waals surface area contributed by atoms with Gasteiger partial charge in [-0.15, -0.1) is 0 Å². The minimum atomic E-state index is -1.03. The van der Waals surface area contributed by atoms with Crippen LogP contribution in [-0.4, -0.2) is 69.0 Å². The molecule has 12 heteroatoms. The fraction of sp³-hybridized carbons (Fsp3) is 0.500. The zero-order chi connectivity index (χ0) is 27.0. The van der Waals surface area contributed by atoms with E-state index in [4.69, 9.17) is 9.47 Å². The summed E-state index contributed by atoms with van der Waals surface area (Å²) in [5.41, 5.74) is -1.79. The van der Waals surface area contributed by atoms with Crippen molar-refractivity contribution in [2.75, 3.05) is 20.3 Å². The maximum atomic E-state index is 13.1. The van der Waals surface area contributed by atoms with Gasteiger partial charge in [0.25, 0.3) is 11.5 Å². The molecule has 36 heavy (non-hydrogen) atoms. The molecule has 0 saturated heterocycles. The molecular weight excluding hydrogens is 475 g/mol. The molecule has 2 aromatic rings. The Bertz CT molecular complexity index is 1100. The van der Waals surface area contributed by atoms with Crippen LogP contribution in [0.15, 0.2) is 29.1 Å². The number of rotatable bonds is 10. The van der Waals surface area contributed by atoms with Gasteiger partial charge in [-0.1, -0.05) is 19.1 Å². The molecule has 4 N–H and O–H groups in total. The van der Waals surface area contributed by atoms with E-state index in [1.807, 2.05) is 0 Å². The third kappa shape index (κ3) is 8.31. The molecule has 1 unspecified atom stereocenters. The highest BCUT2D eigenvalue weighted by molar-refractivity contribution is 5.94. The minimum absolute atomic E-state index is 0.0123. The van der Waals surface area contributed by atoms with E-state index in [-0.39, 0.29) is 25.6 Å². The minimum Gasteiger partial charge on any atom is -0.501 e. The van der Waals surface area contributed by atoms with Gasteiger partial charge in [0, 0.05) is 13.6 Å². The number of H-pyrrole nitrogens is 1. The molecule has 0 bridgehead atoms. The summed E-state index contributed by atoms with van der Waals surface area (Å²) in [5, 5.41) is 22.5. The summed E-state index contributed by atoms with van der Waals surface area (Å²) in [4.78, 5) is 45.5. The predicted molar refractivity (Wildman–Crippen MR) is 128 cm³/mol. The van der Waals surface area contributed by atoms with Crippen LogP contribution in [0.3, 0.4) is 0 Å². The number of halogens is 1. The summed E-state index contributed by atoms with van der Waals surface area (Å²) in [5.74, 6) is -2.33. The normalized spacial score (nSPS) is 13.1. The summed E-state index contributed by atoms with van der Waals surface area (Å²) in [6.07, 6.45) is -1.04. The van der Waals surface area contributed by atoms with E-state index in [2.05, 4.69) is 15.3 Å². The molecule has 0 radical (unpaired) electrons. The van der Waals surface area contributed by atoms with Crippen molar-refractivity contribution < 1.29 is 33.7 Å². The molecule has 11 nitrogen and oxygen atoms in total. The molecule has 2 amide bonds.